The second-order valence-electron chi connectivity index (χ2n) is 6.15. The number of halogens is 1. The lowest BCUT2D eigenvalue weighted by atomic mass is 10.2. The highest BCUT2D eigenvalue weighted by molar-refractivity contribution is 7.90. The molecule has 0 fully saturated rings. The summed E-state index contributed by atoms with van der Waals surface area (Å²) in [7, 11) is -4.40. The van der Waals surface area contributed by atoms with Gasteiger partial charge in [0.1, 0.15) is 16.3 Å². The smallest absolute Gasteiger partial charge is 0.300 e. The molecule has 0 radical (unpaired) electrons. The van der Waals surface area contributed by atoms with Crippen LogP contribution in [0.3, 0.4) is 0 Å². The average molecular weight is 431 g/mol. The Bertz CT molecular complexity index is 1220. The summed E-state index contributed by atoms with van der Waals surface area (Å²) in [6.45, 7) is 4.18. The van der Waals surface area contributed by atoms with Gasteiger partial charge in [-0.05, 0) is 36.4 Å². The van der Waals surface area contributed by atoms with Crippen molar-refractivity contribution in [3.8, 4) is 0 Å². The Hall–Kier alpha value is -3.66. The van der Waals surface area contributed by atoms with Crippen molar-refractivity contribution in [2.45, 2.75) is 4.90 Å². The zero-order valence-electron chi connectivity index (χ0n) is 15.6. The molecule has 0 saturated carbocycles. The first-order valence-corrected chi connectivity index (χ1v) is 10.3. The van der Waals surface area contributed by atoms with Crippen molar-refractivity contribution in [1.82, 2.24) is 10.0 Å². The highest BCUT2D eigenvalue weighted by Gasteiger charge is 2.24. The van der Waals surface area contributed by atoms with Gasteiger partial charge in [0, 0.05) is 30.2 Å². The highest BCUT2D eigenvalue weighted by atomic mass is 32.2. The molecule has 0 saturated heterocycles. The van der Waals surface area contributed by atoms with Crippen LogP contribution in [-0.4, -0.2) is 33.3 Å². The maximum Gasteiger partial charge on any atom is 0.300 e. The molecule has 0 atom stereocenters. The second-order valence-corrected chi connectivity index (χ2v) is 7.80. The Morgan fingerprint density at radius 1 is 1.10 bits per heavy atom. The predicted octanol–water partition coefficient (Wildman–Crippen LogP) is 2.40. The van der Waals surface area contributed by atoms with Crippen molar-refractivity contribution < 1.29 is 26.8 Å². The van der Waals surface area contributed by atoms with Gasteiger partial charge < -0.3 is 15.1 Å². The molecule has 2 amide bonds. The van der Waals surface area contributed by atoms with E-state index in [1.54, 1.807) is 22.9 Å². The largest absolute Gasteiger partial charge is 0.451 e. The van der Waals surface area contributed by atoms with Crippen LogP contribution in [0.2, 0.25) is 0 Å². The molecule has 0 unspecified atom stereocenters. The molecular formula is C20H18FN3O5S. The number of hydrogen-bond acceptors (Lipinski definition) is 6. The average Bonchev–Trinajstić information content (AvgIpc) is 3.14. The molecule has 8 nitrogen and oxygen atoms in total. The number of carbonyl (C=O) groups is 2. The third-order valence-corrected chi connectivity index (χ3v) is 5.40. The number of anilines is 1. The van der Waals surface area contributed by atoms with E-state index in [4.69, 9.17) is 4.42 Å². The lowest BCUT2D eigenvalue weighted by Gasteiger charge is -2.06. The number of benzene rings is 2. The summed E-state index contributed by atoms with van der Waals surface area (Å²) in [5, 5.41) is 6.27. The molecule has 0 aliphatic carbocycles. The molecule has 10 heteroatoms. The van der Waals surface area contributed by atoms with Crippen LogP contribution in [0, 0.1) is 5.82 Å². The van der Waals surface area contributed by atoms with Crippen LogP contribution in [0.4, 0.5) is 10.1 Å². The van der Waals surface area contributed by atoms with Gasteiger partial charge in [0.25, 0.3) is 10.0 Å². The van der Waals surface area contributed by atoms with E-state index in [2.05, 4.69) is 17.2 Å². The minimum atomic E-state index is -4.40. The Morgan fingerprint density at radius 2 is 1.87 bits per heavy atom. The predicted molar refractivity (Wildman–Crippen MR) is 109 cm³/mol. The zero-order valence-corrected chi connectivity index (χ0v) is 16.5. The van der Waals surface area contributed by atoms with Crippen molar-refractivity contribution in [3.63, 3.8) is 0 Å². The molecule has 3 N–H and O–H groups in total. The number of carbonyl (C=O) groups excluding carboxylic acids is 2. The summed E-state index contributed by atoms with van der Waals surface area (Å²) in [6, 6.07) is 11.2. The van der Waals surface area contributed by atoms with Gasteiger partial charge in [-0.15, -0.1) is 0 Å². The number of sulfonamides is 1. The van der Waals surface area contributed by atoms with E-state index >= 15 is 0 Å². The van der Waals surface area contributed by atoms with E-state index in [9.17, 15) is 22.4 Å². The molecule has 156 valence electrons. The van der Waals surface area contributed by atoms with Crippen molar-refractivity contribution in [2.24, 2.45) is 0 Å². The summed E-state index contributed by atoms with van der Waals surface area (Å²) in [6.07, 6.45) is 1.17. The Balaban J connectivity index is 1.70. The fraction of sp³-hybridized carbons (Fsp3) is 0.100. The number of hydrogen-bond donors (Lipinski definition) is 3. The van der Waals surface area contributed by atoms with E-state index in [1.165, 1.54) is 24.3 Å². The van der Waals surface area contributed by atoms with Gasteiger partial charge in [0.05, 0.1) is 0 Å². The molecule has 2 aromatic carbocycles. The maximum absolute atomic E-state index is 13.8. The van der Waals surface area contributed by atoms with E-state index in [0.717, 1.165) is 12.1 Å². The fourth-order valence-electron chi connectivity index (χ4n) is 2.61. The van der Waals surface area contributed by atoms with E-state index < -0.39 is 26.6 Å². The van der Waals surface area contributed by atoms with E-state index in [-0.39, 0.29) is 11.7 Å². The molecule has 1 heterocycles. The van der Waals surface area contributed by atoms with Gasteiger partial charge in [-0.25, -0.2) is 17.5 Å². The van der Waals surface area contributed by atoms with Crippen LogP contribution in [0.25, 0.3) is 11.0 Å². The zero-order chi connectivity index (χ0) is 21.7. The van der Waals surface area contributed by atoms with Crippen LogP contribution in [0.15, 0.2) is 70.5 Å². The first-order valence-electron chi connectivity index (χ1n) is 8.79. The minimum Gasteiger partial charge on any atom is -0.451 e. The molecule has 0 bridgehead atoms. The van der Waals surface area contributed by atoms with Gasteiger partial charge in [0.15, 0.2) is 5.76 Å². The summed E-state index contributed by atoms with van der Waals surface area (Å²) in [4.78, 5) is 22.8. The van der Waals surface area contributed by atoms with Crippen molar-refractivity contribution >= 4 is 38.5 Å². The van der Waals surface area contributed by atoms with Gasteiger partial charge >= 0.3 is 5.91 Å². The third-order valence-electron chi connectivity index (χ3n) is 4.04. The lowest BCUT2D eigenvalue weighted by molar-refractivity contribution is -0.116. The minimum absolute atomic E-state index is 0.236. The van der Waals surface area contributed by atoms with Gasteiger partial charge in [-0.1, -0.05) is 18.7 Å². The van der Waals surface area contributed by atoms with E-state index in [0.29, 0.717) is 29.7 Å². The summed E-state index contributed by atoms with van der Waals surface area (Å²) in [5.74, 6) is -2.50. The Labute approximate surface area is 171 Å². The first kappa shape index (κ1) is 21.1. The SMILES string of the molecule is C=CC(=O)NCCNc1ccc2cc(C(=O)NS(=O)(=O)c3ccccc3F)oc2c1. The number of furan rings is 1. The fourth-order valence-corrected chi connectivity index (χ4v) is 3.64. The van der Waals surface area contributed by atoms with Crippen LogP contribution in [0.1, 0.15) is 10.6 Å². The topological polar surface area (TPSA) is 118 Å². The standard InChI is InChI=1S/C20H18FN3O5S/c1-2-19(25)23-10-9-22-14-8-7-13-11-17(29-16(13)12-14)20(26)24-30(27,28)18-6-4-3-5-15(18)21/h2-8,11-12,22H,1,9-10H2,(H,23,25)(H,24,26). The third kappa shape index (κ3) is 4.84. The van der Waals surface area contributed by atoms with Crippen LogP contribution < -0.4 is 15.4 Å². The van der Waals surface area contributed by atoms with E-state index in [1.807, 2.05) is 0 Å². The maximum atomic E-state index is 13.8. The Morgan fingerprint density at radius 3 is 2.60 bits per heavy atom. The van der Waals surface area contributed by atoms with Crippen molar-refractivity contribution in [3.05, 3.63) is 72.8 Å². The highest BCUT2D eigenvalue weighted by Crippen LogP contribution is 2.23. The number of nitrogens with one attached hydrogen (secondary N) is 3. The molecule has 0 aliphatic heterocycles. The summed E-state index contributed by atoms with van der Waals surface area (Å²) in [5.41, 5.74) is 1.03. The summed E-state index contributed by atoms with van der Waals surface area (Å²) >= 11 is 0. The van der Waals surface area contributed by atoms with Crippen LogP contribution in [0.5, 0.6) is 0 Å². The first-order chi connectivity index (χ1) is 14.3. The van der Waals surface area contributed by atoms with Crippen molar-refractivity contribution in [2.75, 3.05) is 18.4 Å². The number of rotatable bonds is 8. The number of fused-ring (bicyclic) bond motifs is 1. The van der Waals surface area contributed by atoms with Crippen LogP contribution in [-0.2, 0) is 14.8 Å². The second kappa shape index (κ2) is 8.78. The lowest BCUT2D eigenvalue weighted by Crippen LogP contribution is -2.30. The molecule has 0 aliphatic rings. The van der Waals surface area contributed by atoms with Gasteiger partial charge in [0.2, 0.25) is 5.91 Å². The van der Waals surface area contributed by atoms with Gasteiger partial charge in [-0.3, -0.25) is 9.59 Å². The quantitative estimate of drug-likeness (QED) is 0.372. The molecular weight excluding hydrogens is 413 g/mol. The normalized spacial score (nSPS) is 11.1. The summed E-state index contributed by atoms with van der Waals surface area (Å²) < 4.78 is 45.5. The Kier molecular flexibility index (Phi) is 6.17. The van der Waals surface area contributed by atoms with Crippen LogP contribution >= 0.6 is 0 Å². The molecule has 3 aromatic rings. The molecule has 1 aromatic heterocycles. The van der Waals surface area contributed by atoms with Crippen molar-refractivity contribution in [1.29, 1.82) is 0 Å². The monoisotopic (exact) mass is 431 g/mol. The van der Waals surface area contributed by atoms with Gasteiger partial charge in [-0.2, -0.15) is 0 Å². The molecule has 3 rings (SSSR count). The molecule has 0 spiro atoms. The molecule has 30 heavy (non-hydrogen) atoms. The number of amides is 2.